The number of fused-ring (bicyclic) bond motifs is 1. The van der Waals surface area contributed by atoms with Crippen LogP contribution in [0.25, 0.3) is 6.08 Å². The predicted octanol–water partition coefficient (Wildman–Crippen LogP) is 7.69. The lowest BCUT2D eigenvalue weighted by atomic mass is 9.84. The van der Waals surface area contributed by atoms with Crippen molar-refractivity contribution < 1.29 is 19.1 Å². The zero-order valence-electron chi connectivity index (χ0n) is 25.8. The van der Waals surface area contributed by atoms with Crippen LogP contribution < -0.4 is 14.8 Å². The number of likely N-dealkylation sites (tertiary alicyclic amines) is 1. The molecule has 0 spiro atoms. The van der Waals surface area contributed by atoms with Crippen molar-refractivity contribution in [1.29, 1.82) is 0 Å². The van der Waals surface area contributed by atoms with Crippen LogP contribution in [0.2, 0.25) is 0 Å². The second-order valence-electron chi connectivity index (χ2n) is 12.5. The van der Waals surface area contributed by atoms with E-state index in [9.17, 15) is 9.59 Å². The molecular weight excluding hydrogens is 544 g/mol. The molecule has 3 aliphatic rings. The Morgan fingerprint density at radius 3 is 2.43 bits per heavy atom. The fourth-order valence-electron chi connectivity index (χ4n) is 6.50. The Kier molecular flexibility index (Phi) is 10.00. The van der Waals surface area contributed by atoms with Gasteiger partial charge in [-0.1, -0.05) is 31.4 Å². The number of carbonyl (C=O) groups excluding carboxylic acids is 2. The minimum atomic E-state index is -0.411. The number of amides is 2. The van der Waals surface area contributed by atoms with Gasteiger partial charge in [0.15, 0.2) is 0 Å². The van der Waals surface area contributed by atoms with E-state index in [1.54, 1.807) is 6.08 Å². The normalized spacial score (nSPS) is 21.8. The van der Waals surface area contributed by atoms with Crippen LogP contribution >= 0.6 is 11.8 Å². The summed E-state index contributed by atoms with van der Waals surface area (Å²) >= 11 is 0.922. The quantitative estimate of drug-likeness (QED) is 0.214. The summed E-state index contributed by atoms with van der Waals surface area (Å²) in [5.41, 5.74) is 7.41. The van der Waals surface area contributed by atoms with E-state index in [-0.39, 0.29) is 11.1 Å². The number of ether oxygens (including phenoxy) is 2. The molecule has 1 unspecified atom stereocenters. The smallest absolute Gasteiger partial charge is 0.290 e. The van der Waals surface area contributed by atoms with Gasteiger partial charge in [-0.05, 0) is 156 Å². The summed E-state index contributed by atoms with van der Waals surface area (Å²) in [6.45, 7) is 13.3. The van der Waals surface area contributed by atoms with Gasteiger partial charge < -0.3 is 14.4 Å². The van der Waals surface area contributed by atoms with Crippen LogP contribution in [-0.2, 0) is 17.6 Å². The Hall–Kier alpha value is -2.77. The third-order valence-corrected chi connectivity index (χ3v) is 10.1. The Balaban J connectivity index is 1.14. The Labute approximate surface area is 255 Å². The van der Waals surface area contributed by atoms with Gasteiger partial charge in [0, 0.05) is 0 Å². The van der Waals surface area contributed by atoms with Crippen LogP contribution in [0.1, 0.15) is 91.7 Å². The zero-order valence-corrected chi connectivity index (χ0v) is 26.6. The van der Waals surface area contributed by atoms with Crippen LogP contribution in [-0.4, -0.2) is 47.9 Å². The van der Waals surface area contributed by atoms with Gasteiger partial charge >= 0.3 is 0 Å². The summed E-state index contributed by atoms with van der Waals surface area (Å²) in [4.78, 5) is 26.3. The highest BCUT2D eigenvalue weighted by atomic mass is 32.2. The molecule has 5 rings (SSSR count). The van der Waals surface area contributed by atoms with E-state index < -0.39 is 5.60 Å². The third kappa shape index (κ3) is 7.41. The van der Waals surface area contributed by atoms with Gasteiger partial charge in [0.2, 0.25) is 0 Å². The van der Waals surface area contributed by atoms with Crippen molar-refractivity contribution in [3.8, 4) is 11.5 Å². The molecule has 6 nitrogen and oxygen atoms in total. The molecule has 2 amide bonds. The van der Waals surface area contributed by atoms with Crippen molar-refractivity contribution in [2.75, 3.05) is 26.2 Å². The minimum absolute atomic E-state index is 0.334. The molecule has 2 aromatic rings. The number of benzene rings is 2. The maximum atomic E-state index is 11.8. The molecule has 3 heterocycles. The van der Waals surface area contributed by atoms with E-state index >= 15 is 0 Å². The van der Waals surface area contributed by atoms with Gasteiger partial charge in [0.1, 0.15) is 23.7 Å². The maximum Gasteiger partial charge on any atom is 0.290 e. The molecule has 226 valence electrons. The standard InChI is InChI=1S/C35H46N2O4S/c1-24-25(2)32-30(26(3)29(24)12-8-5-6-9-19-37-20-10-7-11-21-37)17-18-35(4,41-32)23-40-28-15-13-27(14-16-28)22-31-33(38)36-34(39)42-31/h13-16,22H,5-12,17-21,23H2,1-4H3,(H,36,38,39)/b31-22-. The number of hydrogen-bond donors (Lipinski definition) is 1. The molecule has 2 saturated heterocycles. The van der Waals surface area contributed by atoms with Crippen LogP contribution in [0.5, 0.6) is 11.5 Å². The lowest BCUT2D eigenvalue weighted by Gasteiger charge is -2.38. The number of thioether (sulfide) groups is 1. The predicted molar refractivity (Wildman–Crippen MR) is 172 cm³/mol. The fourth-order valence-corrected chi connectivity index (χ4v) is 7.18. The molecule has 2 aromatic carbocycles. The van der Waals surface area contributed by atoms with Crippen LogP contribution in [0, 0.1) is 20.8 Å². The molecule has 42 heavy (non-hydrogen) atoms. The average molecular weight is 591 g/mol. The van der Waals surface area contributed by atoms with Crippen molar-refractivity contribution in [3.63, 3.8) is 0 Å². The first-order chi connectivity index (χ1) is 20.2. The summed E-state index contributed by atoms with van der Waals surface area (Å²) in [5, 5.41) is 1.95. The SMILES string of the molecule is Cc1c(C)c2c(c(C)c1CCCCCCN1CCCCC1)CCC(C)(COc1ccc(/C=C3\SC(=O)NC3=O)cc1)O2. The van der Waals surface area contributed by atoms with Gasteiger partial charge in [-0.3, -0.25) is 14.9 Å². The number of piperidine rings is 1. The van der Waals surface area contributed by atoms with Gasteiger partial charge in [-0.25, -0.2) is 0 Å². The average Bonchev–Trinajstić information content (AvgIpc) is 3.31. The van der Waals surface area contributed by atoms with Gasteiger partial charge in [-0.2, -0.15) is 0 Å². The van der Waals surface area contributed by atoms with Crippen molar-refractivity contribution in [1.82, 2.24) is 10.2 Å². The summed E-state index contributed by atoms with van der Waals surface area (Å²) < 4.78 is 12.9. The first-order valence-corrected chi connectivity index (χ1v) is 16.5. The van der Waals surface area contributed by atoms with Crippen molar-refractivity contribution in [2.45, 2.75) is 97.5 Å². The highest BCUT2D eigenvalue weighted by Crippen LogP contribution is 2.41. The van der Waals surface area contributed by atoms with Gasteiger partial charge in [0.05, 0.1) is 4.91 Å². The molecule has 2 fully saturated rings. The Morgan fingerprint density at radius 2 is 1.71 bits per heavy atom. The second kappa shape index (κ2) is 13.7. The third-order valence-electron chi connectivity index (χ3n) is 9.25. The van der Waals surface area contributed by atoms with E-state index in [2.05, 4.69) is 37.9 Å². The molecule has 0 saturated carbocycles. The monoisotopic (exact) mass is 590 g/mol. The van der Waals surface area contributed by atoms with Crippen LogP contribution in [0.4, 0.5) is 4.79 Å². The van der Waals surface area contributed by atoms with Crippen molar-refractivity contribution >= 4 is 29.0 Å². The molecule has 7 heteroatoms. The van der Waals surface area contributed by atoms with E-state index in [0.29, 0.717) is 11.5 Å². The van der Waals surface area contributed by atoms with Crippen LogP contribution in [0.3, 0.4) is 0 Å². The lowest BCUT2D eigenvalue weighted by Crippen LogP contribution is -2.42. The minimum Gasteiger partial charge on any atom is -0.489 e. The highest BCUT2D eigenvalue weighted by Gasteiger charge is 2.35. The van der Waals surface area contributed by atoms with Gasteiger partial charge in [0.25, 0.3) is 11.1 Å². The van der Waals surface area contributed by atoms with Gasteiger partial charge in [-0.15, -0.1) is 0 Å². The second-order valence-corrected chi connectivity index (χ2v) is 13.5. The van der Waals surface area contributed by atoms with E-state index in [1.807, 2.05) is 24.3 Å². The topological polar surface area (TPSA) is 67.9 Å². The first kappa shape index (κ1) is 30.7. The van der Waals surface area contributed by atoms with Crippen LogP contribution in [0.15, 0.2) is 29.2 Å². The maximum absolute atomic E-state index is 11.8. The summed E-state index contributed by atoms with van der Waals surface area (Å²) in [6, 6.07) is 7.58. The fraction of sp³-hybridized carbons (Fsp3) is 0.543. The number of imide groups is 1. The first-order valence-electron chi connectivity index (χ1n) is 15.7. The number of unbranched alkanes of at least 4 members (excludes halogenated alkanes) is 3. The van der Waals surface area contributed by atoms with Crippen molar-refractivity contribution in [2.24, 2.45) is 0 Å². The lowest BCUT2D eigenvalue weighted by molar-refractivity contribution is -0.115. The number of hydrogen-bond acceptors (Lipinski definition) is 6. The zero-order chi connectivity index (χ0) is 29.7. The number of carbonyl (C=O) groups is 2. The Bertz CT molecular complexity index is 1330. The molecule has 1 N–H and O–H groups in total. The molecule has 0 aliphatic carbocycles. The highest BCUT2D eigenvalue weighted by molar-refractivity contribution is 8.18. The number of nitrogens with one attached hydrogen (secondary N) is 1. The molecule has 0 bridgehead atoms. The molecule has 1 atom stereocenters. The summed E-state index contributed by atoms with van der Waals surface area (Å²) in [7, 11) is 0. The number of rotatable bonds is 11. The Morgan fingerprint density at radius 1 is 0.976 bits per heavy atom. The van der Waals surface area contributed by atoms with Crippen molar-refractivity contribution in [3.05, 3.63) is 62.6 Å². The largest absolute Gasteiger partial charge is 0.489 e. The van der Waals surface area contributed by atoms with E-state index in [1.165, 1.54) is 92.4 Å². The molecule has 3 aliphatic heterocycles. The summed E-state index contributed by atoms with van der Waals surface area (Å²) in [6.07, 6.45) is 14.2. The molecule has 0 aromatic heterocycles. The number of nitrogens with zero attached hydrogens (tertiary/aromatic N) is 1. The van der Waals surface area contributed by atoms with E-state index in [0.717, 1.165) is 48.1 Å². The molecule has 0 radical (unpaired) electrons. The van der Waals surface area contributed by atoms with E-state index in [4.69, 9.17) is 9.47 Å². The molecular formula is C35H46N2O4S. The summed E-state index contributed by atoms with van der Waals surface area (Å²) in [5.74, 6) is 1.46.